The molecule has 2 heterocycles. The lowest BCUT2D eigenvalue weighted by atomic mass is 9.97. The molecule has 5 nitrogen and oxygen atoms in total. The summed E-state index contributed by atoms with van der Waals surface area (Å²) >= 11 is 0. The standard InChI is InChI=1S/C15H27N5/c1-4-16-9-14-10-17-15(18-11-14)20-7-5-13(6-8-20)12-19(2)3/h10-11,13,16H,4-9,12H2,1-3H3. The van der Waals surface area contributed by atoms with Crippen LogP contribution in [0.5, 0.6) is 0 Å². The number of hydrogen-bond donors (Lipinski definition) is 1. The molecule has 0 radical (unpaired) electrons. The van der Waals surface area contributed by atoms with E-state index >= 15 is 0 Å². The van der Waals surface area contributed by atoms with Crippen LogP contribution in [0.4, 0.5) is 5.95 Å². The number of nitrogens with one attached hydrogen (secondary N) is 1. The zero-order valence-corrected chi connectivity index (χ0v) is 13.0. The highest BCUT2D eigenvalue weighted by Gasteiger charge is 2.21. The molecule has 1 aliphatic rings. The Bertz CT molecular complexity index is 382. The van der Waals surface area contributed by atoms with E-state index in [-0.39, 0.29) is 0 Å². The van der Waals surface area contributed by atoms with Crippen molar-refractivity contribution in [3.05, 3.63) is 18.0 Å². The van der Waals surface area contributed by atoms with Gasteiger partial charge in [0.15, 0.2) is 0 Å². The van der Waals surface area contributed by atoms with E-state index in [0.29, 0.717) is 0 Å². The number of nitrogens with zero attached hydrogens (tertiary/aromatic N) is 4. The summed E-state index contributed by atoms with van der Waals surface area (Å²) < 4.78 is 0. The SMILES string of the molecule is CCNCc1cnc(N2CCC(CN(C)C)CC2)nc1. The molecule has 1 N–H and O–H groups in total. The molecular formula is C15H27N5. The van der Waals surface area contributed by atoms with Crippen molar-refractivity contribution < 1.29 is 0 Å². The first kappa shape index (κ1) is 15.2. The molecule has 20 heavy (non-hydrogen) atoms. The Morgan fingerprint density at radius 1 is 1.25 bits per heavy atom. The first-order chi connectivity index (χ1) is 9.69. The van der Waals surface area contributed by atoms with E-state index in [2.05, 4.69) is 46.1 Å². The molecule has 0 aromatic carbocycles. The first-order valence-electron chi connectivity index (χ1n) is 7.60. The zero-order chi connectivity index (χ0) is 14.4. The average Bonchev–Trinajstić information content (AvgIpc) is 2.46. The van der Waals surface area contributed by atoms with Crippen LogP contribution < -0.4 is 10.2 Å². The lowest BCUT2D eigenvalue weighted by molar-refractivity contribution is 0.284. The number of hydrogen-bond acceptors (Lipinski definition) is 5. The average molecular weight is 277 g/mol. The fourth-order valence-electron chi connectivity index (χ4n) is 2.70. The maximum atomic E-state index is 4.51. The highest BCUT2D eigenvalue weighted by molar-refractivity contribution is 5.30. The van der Waals surface area contributed by atoms with Gasteiger partial charge in [-0.2, -0.15) is 0 Å². The molecule has 1 saturated heterocycles. The van der Waals surface area contributed by atoms with Crippen molar-refractivity contribution in [3.8, 4) is 0 Å². The fraction of sp³-hybridized carbons (Fsp3) is 0.733. The smallest absolute Gasteiger partial charge is 0.225 e. The summed E-state index contributed by atoms with van der Waals surface area (Å²) in [6.07, 6.45) is 6.36. The van der Waals surface area contributed by atoms with Crippen molar-refractivity contribution in [1.29, 1.82) is 0 Å². The van der Waals surface area contributed by atoms with Gasteiger partial charge < -0.3 is 15.1 Å². The van der Waals surface area contributed by atoms with Gasteiger partial charge in [-0.15, -0.1) is 0 Å². The van der Waals surface area contributed by atoms with Gasteiger partial charge in [0.2, 0.25) is 5.95 Å². The predicted octanol–water partition coefficient (Wildman–Crippen LogP) is 1.36. The third-order valence-corrected chi connectivity index (χ3v) is 3.79. The van der Waals surface area contributed by atoms with Crippen molar-refractivity contribution in [3.63, 3.8) is 0 Å². The summed E-state index contributed by atoms with van der Waals surface area (Å²) in [5.41, 5.74) is 1.15. The second-order valence-corrected chi connectivity index (χ2v) is 5.86. The van der Waals surface area contributed by atoms with Gasteiger partial charge in [-0.05, 0) is 39.4 Å². The quantitative estimate of drug-likeness (QED) is 0.850. The maximum absolute atomic E-state index is 4.51. The van der Waals surface area contributed by atoms with Crippen LogP contribution in [0.2, 0.25) is 0 Å². The summed E-state index contributed by atoms with van der Waals surface area (Å²) in [6.45, 7) is 7.27. The van der Waals surface area contributed by atoms with Gasteiger partial charge in [0, 0.05) is 44.1 Å². The Labute approximate surface area is 122 Å². The Morgan fingerprint density at radius 2 is 1.90 bits per heavy atom. The van der Waals surface area contributed by atoms with E-state index in [0.717, 1.165) is 43.6 Å². The first-order valence-corrected chi connectivity index (χ1v) is 7.60. The summed E-state index contributed by atoms with van der Waals surface area (Å²) in [5, 5.41) is 3.29. The van der Waals surface area contributed by atoms with Crippen molar-refractivity contribution >= 4 is 5.95 Å². The number of rotatable bonds is 6. The van der Waals surface area contributed by atoms with E-state index in [9.17, 15) is 0 Å². The maximum Gasteiger partial charge on any atom is 0.225 e. The summed E-state index contributed by atoms with van der Waals surface area (Å²) in [7, 11) is 4.30. The predicted molar refractivity (Wildman–Crippen MR) is 82.9 cm³/mol. The number of aromatic nitrogens is 2. The van der Waals surface area contributed by atoms with Gasteiger partial charge in [-0.3, -0.25) is 0 Å². The van der Waals surface area contributed by atoms with Crippen LogP contribution in [-0.4, -0.2) is 55.1 Å². The second-order valence-electron chi connectivity index (χ2n) is 5.86. The molecule has 2 rings (SSSR count). The van der Waals surface area contributed by atoms with E-state index in [1.807, 2.05) is 12.4 Å². The lowest BCUT2D eigenvalue weighted by Crippen LogP contribution is -2.38. The summed E-state index contributed by atoms with van der Waals surface area (Å²) in [6, 6.07) is 0. The monoisotopic (exact) mass is 277 g/mol. The van der Waals surface area contributed by atoms with Crippen molar-refractivity contribution in [2.75, 3.05) is 45.2 Å². The number of piperidine rings is 1. The number of anilines is 1. The molecule has 0 atom stereocenters. The minimum atomic E-state index is 0.814. The lowest BCUT2D eigenvalue weighted by Gasteiger charge is -2.33. The largest absolute Gasteiger partial charge is 0.341 e. The summed E-state index contributed by atoms with van der Waals surface area (Å²) in [4.78, 5) is 13.6. The Kier molecular flexibility index (Phi) is 5.73. The van der Waals surface area contributed by atoms with Crippen LogP contribution in [0, 0.1) is 5.92 Å². The minimum Gasteiger partial charge on any atom is -0.341 e. The van der Waals surface area contributed by atoms with Crippen molar-refractivity contribution in [2.45, 2.75) is 26.3 Å². The molecule has 0 spiro atoms. The Hall–Kier alpha value is -1.20. The highest BCUT2D eigenvalue weighted by atomic mass is 15.2. The van der Waals surface area contributed by atoms with Gasteiger partial charge in [0.25, 0.3) is 0 Å². The second kappa shape index (κ2) is 7.55. The molecule has 1 aromatic heterocycles. The molecule has 0 unspecified atom stereocenters. The van der Waals surface area contributed by atoms with E-state index in [1.54, 1.807) is 0 Å². The molecule has 0 amide bonds. The van der Waals surface area contributed by atoms with Crippen molar-refractivity contribution in [2.24, 2.45) is 5.92 Å². The molecule has 0 aliphatic carbocycles. The molecular weight excluding hydrogens is 250 g/mol. The van der Waals surface area contributed by atoms with Crippen LogP contribution in [-0.2, 0) is 6.54 Å². The molecule has 0 bridgehead atoms. The third-order valence-electron chi connectivity index (χ3n) is 3.79. The Balaban J connectivity index is 1.84. The zero-order valence-electron chi connectivity index (χ0n) is 13.0. The molecule has 0 saturated carbocycles. The minimum absolute atomic E-state index is 0.814. The van der Waals surface area contributed by atoms with Crippen LogP contribution in [0.3, 0.4) is 0 Å². The van der Waals surface area contributed by atoms with Gasteiger partial charge in [-0.1, -0.05) is 6.92 Å². The van der Waals surface area contributed by atoms with E-state index in [4.69, 9.17) is 0 Å². The topological polar surface area (TPSA) is 44.3 Å². The fourth-order valence-corrected chi connectivity index (χ4v) is 2.70. The molecule has 5 heteroatoms. The van der Waals surface area contributed by atoms with Gasteiger partial charge >= 0.3 is 0 Å². The van der Waals surface area contributed by atoms with Gasteiger partial charge in [-0.25, -0.2) is 9.97 Å². The van der Waals surface area contributed by atoms with Gasteiger partial charge in [0.05, 0.1) is 0 Å². The normalized spacial score (nSPS) is 16.9. The Morgan fingerprint density at radius 3 is 2.45 bits per heavy atom. The van der Waals surface area contributed by atoms with Crippen molar-refractivity contribution in [1.82, 2.24) is 20.2 Å². The molecule has 112 valence electrons. The van der Waals surface area contributed by atoms with E-state index in [1.165, 1.54) is 19.4 Å². The molecule has 1 aliphatic heterocycles. The van der Waals surface area contributed by atoms with Crippen LogP contribution >= 0.6 is 0 Å². The van der Waals surface area contributed by atoms with Gasteiger partial charge in [0.1, 0.15) is 0 Å². The third kappa shape index (κ3) is 4.42. The van der Waals surface area contributed by atoms with Crippen LogP contribution in [0.1, 0.15) is 25.3 Å². The summed E-state index contributed by atoms with van der Waals surface area (Å²) in [5.74, 6) is 1.70. The van der Waals surface area contributed by atoms with Crippen LogP contribution in [0.15, 0.2) is 12.4 Å². The molecule has 1 aromatic rings. The van der Waals surface area contributed by atoms with Crippen LogP contribution in [0.25, 0.3) is 0 Å². The molecule has 1 fully saturated rings. The highest BCUT2D eigenvalue weighted by Crippen LogP contribution is 2.20. The van der Waals surface area contributed by atoms with E-state index < -0.39 is 0 Å².